The van der Waals surface area contributed by atoms with Gasteiger partial charge in [0.25, 0.3) is 11.9 Å². The van der Waals surface area contributed by atoms with E-state index in [9.17, 15) is 22.4 Å². The first kappa shape index (κ1) is 29.6. The molecule has 1 fully saturated rings. The number of amides is 1. The Morgan fingerprint density at radius 2 is 1.87 bits per heavy atom. The average Bonchev–Trinajstić information content (AvgIpc) is 3.39. The molecule has 0 unspecified atom stereocenters. The fourth-order valence-electron chi connectivity index (χ4n) is 3.93. The molecule has 0 atom stereocenters. The number of pyridine rings is 1. The Balaban J connectivity index is 1.65. The predicted molar refractivity (Wildman–Crippen MR) is 141 cm³/mol. The first-order chi connectivity index (χ1) is 18.5. The van der Waals surface area contributed by atoms with Crippen molar-refractivity contribution in [2.24, 2.45) is 4.99 Å². The van der Waals surface area contributed by atoms with Gasteiger partial charge < -0.3 is 24.4 Å². The zero-order chi connectivity index (χ0) is 28.7. The standard InChI is InChI=1S/C25H32F4N8O2/c1-5-17(26)18(6-2)33-23(30)37-13-11-36(12-14-37)19-10-9-16(15-31-19)32-22(38)20-21(25(27,28)29)34-24(39-20)35(7-3)8-4/h5,9-10,15,30H,6-8,11-14H2,1-4H3,(H,32,38)/b17-5+,30-23?,33-18?. The number of hydrogen-bond donors (Lipinski definition) is 2. The molecule has 14 heteroatoms. The van der Waals surface area contributed by atoms with Crippen LogP contribution in [0.2, 0.25) is 0 Å². The molecule has 10 nitrogen and oxygen atoms in total. The van der Waals surface area contributed by atoms with Crippen molar-refractivity contribution in [3.05, 3.63) is 41.7 Å². The monoisotopic (exact) mass is 552 g/mol. The van der Waals surface area contributed by atoms with Gasteiger partial charge >= 0.3 is 6.18 Å². The average molecular weight is 553 g/mol. The second-order valence-electron chi connectivity index (χ2n) is 8.55. The summed E-state index contributed by atoms with van der Waals surface area (Å²) in [5.74, 6) is -1.87. The molecule has 0 bridgehead atoms. The molecular formula is C25H32F4N8O2. The van der Waals surface area contributed by atoms with Crippen molar-refractivity contribution < 1.29 is 26.8 Å². The van der Waals surface area contributed by atoms with Crippen LogP contribution in [0.5, 0.6) is 0 Å². The zero-order valence-corrected chi connectivity index (χ0v) is 22.3. The van der Waals surface area contributed by atoms with Crippen molar-refractivity contribution >= 4 is 35.1 Å². The molecular weight excluding hydrogens is 520 g/mol. The van der Waals surface area contributed by atoms with Crippen molar-refractivity contribution in [3.8, 4) is 0 Å². The number of aromatic nitrogens is 2. The number of anilines is 3. The molecule has 2 aromatic rings. The maximum Gasteiger partial charge on any atom is 0.437 e. The second kappa shape index (κ2) is 12.7. The molecule has 212 valence electrons. The Hall–Kier alpha value is -3.97. The number of nitrogens with one attached hydrogen (secondary N) is 2. The summed E-state index contributed by atoms with van der Waals surface area (Å²) >= 11 is 0. The van der Waals surface area contributed by atoms with E-state index in [0.717, 1.165) is 0 Å². The third-order valence-electron chi connectivity index (χ3n) is 6.14. The largest absolute Gasteiger partial charge is 0.437 e. The van der Waals surface area contributed by atoms with Crippen molar-refractivity contribution in [3.63, 3.8) is 0 Å². The topological polar surface area (TPSA) is 114 Å². The predicted octanol–water partition coefficient (Wildman–Crippen LogP) is 4.97. The number of halogens is 4. The summed E-state index contributed by atoms with van der Waals surface area (Å²) in [5.41, 5.74) is -0.981. The SMILES string of the molecule is C/C=C(/F)C(CC)=NC(=N)N1CCN(c2ccc(NC(=O)c3oc(N(CC)CC)nc3C(F)(F)F)cn2)CC1. The van der Waals surface area contributed by atoms with E-state index < -0.39 is 29.4 Å². The lowest BCUT2D eigenvalue weighted by molar-refractivity contribution is -0.141. The fourth-order valence-corrected chi connectivity index (χ4v) is 3.93. The third kappa shape index (κ3) is 7.12. The van der Waals surface area contributed by atoms with Gasteiger partial charge in [-0.15, -0.1) is 0 Å². The molecule has 0 aromatic carbocycles. The minimum atomic E-state index is -4.87. The van der Waals surface area contributed by atoms with Gasteiger partial charge in [-0.3, -0.25) is 10.2 Å². The van der Waals surface area contributed by atoms with E-state index in [1.807, 2.05) is 4.90 Å². The first-order valence-corrected chi connectivity index (χ1v) is 12.6. The number of allylic oxidation sites excluding steroid dienone is 2. The Labute approximate surface area is 223 Å². The van der Waals surface area contributed by atoms with E-state index in [4.69, 9.17) is 9.83 Å². The number of rotatable bonds is 8. The summed E-state index contributed by atoms with van der Waals surface area (Å²) in [6, 6.07) is 2.89. The summed E-state index contributed by atoms with van der Waals surface area (Å²) in [7, 11) is 0. The number of hydrogen-bond acceptors (Lipinski definition) is 7. The molecule has 1 aliphatic heterocycles. The number of oxazole rings is 1. The maximum atomic E-state index is 13.9. The summed E-state index contributed by atoms with van der Waals surface area (Å²) in [6.45, 7) is 9.52. The minimum Gasteiger partial charge on any atom is -0.417 e. The number of carbonyl (C=O) groups excluding carboxylic acids is 1. The molecule has 2 aromatic heterocycles. The van der Waals surface area contributed by atoms with E-state index in [1.165, 1.54) is 23.2 Å². The number of carbonyl (C=O) groups is 1. The third-order valence-corrected chi connectivity index (χ3v) is 6.14. The molecule has 3 rings (SSSR count). The quantitative estimate of drug-likeness (QED) is 0.270. The molecule has 0 spiro atoms. The number of piperazine rings is 1. The molecule has 1 aliphatic rings. The van der Waals surface area contributed by atoms with Crippen molar-refractivity contribution in [1.29, 1.82) is 5.41 Å². The van der Waals surface area contributed by atoms with Crippen LogP contribution in [0, 0.1) is 5.41 Å². The van der Waals surface area contributed by atoms with Crippen LogP contribution in [0.3, 0.4) is 0 Å². The fraction of sp³-hybridized carbons (Fsp3) is 0.480. The Morgan fingerprint density at radius 3 is 2.38 bits per heavy atom. The van der Waals surface area contributed by atoms with Crippen LogP contribution >= 0.6 is 0 Å². The summed E-state index contributed by atoms with van der Waals surface area (Å²) in [4.78, 5) is 29.8. The summed E-state index contributed by atoms with van der Waals surface area (Å²) in [6.07, 6.45) is -1.84. The highest BCUT2D eigenvalue weighted by Gasteiger charge is 2.41. The van der Waals surface area contributed by atoms with Crippen LogP contribution in [0.1, 0.15) is 50.4 Å². The lowest BCUT2D eigenvalue weighted by Gasteiger charge is -2.35. The van der Waals surface area contributed by atoms with Gasteiger partial charge in [0.1, 0.15) is 11.6 Å². The zero-order valence-electron chi connectivity index (χ0n) is 22.3. The van der Waals surface area contributed by atoms with Crippen LogP contribution in [-0.4, -0.2) is 71.7 Å². The van der Waals surface area contributed by atoms with Gasteiger partial charge in [0.05, 0.1) is 17.6 Å². The minimum absolute atomic E-state index is 0.00990. The van der Waals surface area contributed by atoms with E-state index in [1.54, 1.807) is 38.7 Å². The van der Waals surface area contributed by atoms with Crippen molar-refractivity contribution in [2.75, 3.05) is 54.4 Å². The van der Waals surface area contributed by atoms with Gasteiger partial charge in [-0.1, -0.05) is 6.92 Å². The van der Waals surface area contributed by atoms with Crippen LogP contribution in [0.15, 0.2) is 39.6 Å². The van der Waals surface area contributed by atoms with E-state index in [2.05, 4.69) is 20.3 Å². The smallest absolute Gasteiger partial charge is 0.417 e. The molecule has 0 radical (unpaired) electrons. The normalized spacial score (nSPS) is 15.0. The second-order valence-corrected chi connectivity index (χ2v) is 8.55. The van der Waals surface area contributed by atoms with Gasteiger partial charge in [-0.25, -0.2) is 14.4 Å². The summed E-state index contributed by atoms with van der Waals surface area (Å²) < 4.78 is 59.6. The van der Waals surface area contributed by atoms with E-state index >= 15 is 0 Å². The molecule has 1 amide bonds. The van der Waals surface area contributed by atoms with E-state index in [-0.39, 0.29) is 23.4 Å². The number of aliphatic imine (C=N–C) groups is 1. The van der Waals surface area contributed by atoms with E-state index in [0.29, 0.717) is 51.5 Å². The highest BCUT2D eigenvalue weighted by atomic mass is 19.4. The molecule has 1 saturated heterocycles. The first-order valence-electron chi connectivity index (χ1n) is 12.6. The molecule has 0 aliphatic carbocycles. The number of nitrogens with zero attached hydrogens (tertiary/aromatic N) is 6. The van der Waals surface area contributed by atoms with Gasteiger partial charge in [-0.05, 0) is 45.4 Å². The number of alkyl halides is 3. The van der Waals surface area contributed by atoms with Crippen LogP contribution in [0.4, 0.5) is 35.1 Å². The Kier molecular flexibility index (Phi) is 9.65. The Bertz CT molecular complexity index is 1210. The van der Waals surface area contributed by atoms with Gasteiger partial charge in [0.2, 0.25) is 11.7 Å². The van der Waals surface area contributed by atoms with Crippen molar-refractivity contribution in [2.45, 2.75) is 40.3 Å². The lowest BCUT2D eigenvalue weighted by Crippen LogP contribution is -2.48. The maximum absolute atomic E-state index is 13.9. The van der Waals surface area contributed by atoms with Gasteiger partial charge in [-0.2, -0.15) is 18.2 Å². The van der Waals surface area contributed by atoms with Gasteiger partial charge in [0, 0.05) is 39.3 Å². The molecule has 2 N–H and O–H groups in total. The molecule has 39 heavy (non-hydrogen) atoms. The van der Waals surface area contributed by atoms with Crippen LogP contribution in [0.25, 0.3) is 0 Å². The lowest BCUT2D eigenvalue weighted by atomic mass is 10.2. The van der Waals surface area contributed by atoms with Crippen LogP contribution in [-0.2, 0) is 6.18 Å². The molecule has 0 saturated carbocycles. The summed E-state index contributed by atoms with van der Waals surface area (Å²) in [5, 5.41) is 10.6. The highest BCUT2D eigenvalue weighted by molar-refractivity contribution is 6.05. The van der Waals surface area contributed by atoms with Crippen LogP contribution < -0.4 is 15.1 Å². The molecule has 3 heterocycles. The van der Waals surface area contributed by atoms with Crippen molar-refractivity contribution in [1.82, 2.24) is 14.9 Å². The Morgan fingerprint density at radius 1 is 1.21 bits per heavy atom. The highest BCUT2D eigenvalue weighted by Crippen LogP contribution is 2.34. The number of guanidine groups is 1. The van der Waals surface area contributed by atoms with Gasteiger partial charge in [0.15, 0.2) is 5.69 Å².